The van der Waals surface area contributed by atoms with E-state index in [2.05, 4.69) is 60.0 Å². The number of carbonyl (C=O) groups excluding carboxylic acids is 2. The Morgan fingerprint density at radius 3 is 2.28 bits per heavy atom. The smallest absolute Gasteiger partial charge is 0.249 e. The van der Waals surface area contributed by atoms with Crippen molar-refractivity contribution in [3.63, 3.8) is 0 Å². The third-order valence-electron chi connectivity index (χ3n) is 14.6. The van der Waals surface area contributed by atoms with E-state index in [4.69, 9.17) is 10.6 Å². The zero-order valence-electron chi connectivity index (χ0n) is 25.8. The Morgan fingerprint density at radius 1 is 0.923 bits per heavy atom. The standard InChI is InChI=1S/C34H54N2O3/c1-29(2)25-11-14-34(7)27(32(25,5)13-12-26(29)35)24(37)19-22-23-20-31(4,28(38)36-39-21-9-8-10-21)16-15-30(23,3)17-18-33(22,34)6/h19,21,23,25-27H,8-18,20,35H2,1-7H3,(H,36,38)/t23-,25?,26-,27+,30+,31-,32-,33+,34+/m0/s1. The number of allylic oxidation sites excluding steroid dienone is 2. The summed E-state index contributed by atoms with van der Waals surface area (Å²) in [6, 6.07) is 0.204. The first-order chi connectivity index (χ1) is 18.1. The summed E-state index contributed by atoms with van der Waals surface area (Å²) >= 11 is 0. The van der Waals surface area contributed by atoms with Crippen LogP contribution in [0.3, 0.4) is 0 Å². The minimum Gasteiger partial charge on any atom is -0.327 e. The number of fused-ring (bicyclic) bond motifs is 7. The van der Waals surface area contributed by atoms with Gasteiger partial charge in [0.2, 0.25) is 5.91 Å². The summed E-state index contributed by atoms with van der Waals surface area (Å²) in [5.74, 6) is 1.17. The van der Waals surface area contributed by atoms with Gasteiger partial charge in [0.05, 0.1) is 6.10 Å². The molecule has 6 rings (SSSR count). The first kappa shape index (κ1) is 27.9. The first-order valence-corrected chi connectivity index (χ1v) is 16.1. The van der Waals surface area contributed by atoms with E-state index < -0.39 is 5.41 Å². The molecule has 0 saturated heterocycles. The molecule has 3 N–H and O–H groups in total. The summed E-state index contributed by atoms with van der Waals surface area (Å²) in [5.41, 5.74) is 10.5. The van der Waals surface area contributed by atoms with Gasteiger partial charge in [-0.25, -0.2) is 5.48 Å². The number of nitrogens with two attached hydrogens (primary N) is 1. The molecule has 0 aromatic heterocycles. The fraction of sp³-hybridized carbons (Fsp3) is 0.882. The molecule has 1 amide bonds. The minimum absolute atomic E-state index is 0.0188. The Bertz CT molecular complexity index is 1090. The monoisotopic (exact) mass is 538 g/mol. The minimum atomic E-state index is -0.471. The van der Waals surface area contributed by atoms with E-state index in [-0.39, 0.29) is 57.0 Å². The maximum atomic E-state index is 14.5. The van der Waals surface area contributed by atoms with Crippen LogP contribution in [0.5, 0.6) is 0 Å². The number of nitrogens with one attached hydrogen (secondary N) is 1. The zero-order chi connectivity index (χ0) is 28.2. The van der Waals surface area contributed by atoms with E-state index in [0.717, 1.165) is 64.2 Å². The Labute approximate surface area is 236 Å². The van der Waals surface area contributed by atoms with E-state index in [1.165, 1.54) is 18.4 Å². The molecule has 218 valence electrons. The molecule has 0 heterocycles. The van der Waals surface area contributed by atoms with Gasteiger partial charge in [0.25, 0.3) is 0 Å². The molecule has 9 atom stereocenters. The summed E-state index contributed by atoms with van der Waals surface area (Å²) in [6.45, 7) is 16.7. The van der Waals surface area contributed by atoms with Crippen LogP contribution >= 0.6 is 0 Å². The van der Waals surface area contributed by atoms with Gasteiger partial charge in [0.1, 0.15) is 0 Å². The molecule has 0 bridgehead atoms. The molecule has 5 saturated carbocycles. The second-order valence-electron chi connectivity index (χ2n) is 16.8. The van der Waals surface area contributed by atoms with Crippen molar-refractivity contribution in [1.82, 2.24) is 5.48 Å². The lowest BCUT2D eigenvalue weighted by Crippen LogP contribution is -2.67. The maximum absolute atomic E-state index is 14.5. The first-order valence-electron chi connectivity index (χ1n) is 16.1. The average molecular weight is 539 g/mol. The number of ketones is 1. The Balaban J connectivity index is 1.35. The Kier molecular flexibility index (Phi) is 6.20. The largest absolute Gasteiger partial charge is 0.327 e. The lowest BCUT2D eigenvalue weighted by atomic mass is 9.33. The van der Waals surface area contributed by atoms with E-state index >= 15 is 0 Å². The highest BCUT2D eigenvalue weighted by Crippen LogP contribution is 2.75. The van der Waals surface area contributed by atoms with Crippen molar-refractivity contribution in [1.29, 1.82) is 0 Å². The molecule has 5 nitrogen and oxygen atoms in total. The summed E-state index contributed by atoms with van der Waals surface area (Å²) in [6.07, 6.45) is 14.9. The van der Waals surface area contributed by atoms with Crippen LogP contribution < -0.4 is 11.2 Å². The van der Waals surface area contributed by atoms with Crippen LogP contribution in [0.25, 0.3) is 0 Å². The summed E-state index contributed by atoms with van der Waals surface area (Å²) in [4.78, 5) is 33.7. The van der Waals surface area contributed by atoms with Crippen molar-refractivity contribution in [2.45, 2.75) is 138 Å². The fourth-order valence-corrected chi connectivity index (χ4v) is 11.2. The van der Waals surface area contributed by atoms with E-state index in [1.54, 1.807) is 0 Å². The van der Waals surface area contributed by atoms with E-state index in [9.17, 15) is 9.59 Å². The van der Waals surface area contributed by atoms with Gasteiger partial charge in [-0.2, -0.15) is 0 Å². The summed E-state index contributed by atoms with van der Waals surface area (Å²) in [5, 5.41) is 0. The highest BCUT2D eigenvalue weighted by Gasteiger charge is 2.70. The molecular formula is C34H54N2O3. The average Bonchev–Trinajstić information content (AvgIpc) is 2.83. The van der Waals surface area contributed by atoms with Crippen LogP contribution in [0.1, 0.15) is 126 Å². The molecule has 0 aliphatic heterocycles. The molecule has 1 unspecified atom stereocenters. The predicted molar refractivity (Wildman–Crippen MR) is 154 cm³/mol. The van der Waals surface area contributed by atoms with Gasteiger partial charge in [0.15, 0.2) is 5.78 Å². The number of carbonyl (C=O) groups is 2. The van der Waals surface area contributed by atoms with Crippen molar-refractivity contribution < 1.29 is 14.4 Å². The Hall–Kier alpha value is -1.20. The van der Waals surface area contributed by atoms with E-state index in [0.29, 0.717) is 11.7 Å². The molecule has 0 aromatic carbocycles. The van der Waals surface area contributed by atoms with Crippen LogP contribution in [-0.4, -0.2) is 23.8 Å². The van der Waals surface area contributed by atoms with Gasteiger partial charge < -0.3 is 5.73 Å². The maximum Gasteiger partial charge on any atom is 0.249 e. The molecule has 5 fully saturated rings. The molecule has 0 spiro atoms. The lowest BCUT2D eigenvalue weighted by molar-refractivity contribution is -0.188. The predicted octanol–water partition coefficient (Wildman–Crippen LogP) is 6.89. The van der Waals surface area contributed by atoms with Crippen molar-refractivity contribution in [3.05, 3.63) is 11.6 Å². The number of hydroxylamine groups is 1. The summed E-state index contributed by atoms with van der Waals surface area (Å²) < 4.78 is 0. The van der Waals surface area contributed by atoms with Gasteiger partial charge in [-0.3, -0.25) is 14.4 Å². The van der Waals surface area contributed by atoms with Gasteiger partial charge >= 0.3 is 0 Å². The quantitative estimate of drug-likeness (QED) is 0.383. The van der Waals surface area contributed by atoms with Crippen LogP contribution in [-0.2, 0) is 14.4 Å². The summed E-state index contributed by atoms with van der Waals surface area (Å²) in [7, 11) is 0. The third-order valence-corrected chi connectivity index (χ3v) is 14.6. The van der Waals surface area contributed by atoms with Gasteiger partial charge in [-0.05, 0) is 122 Å². The number of rotatable bonds is 3. The van der Waals surface area contributed by atoms with Crippen LogP contribution in [0.15, 0.2) is 11.6 Å². The molecule has 39 heavy (non-hydrogen) atoms. The molecule has 6 aliphatic carbocycles. The fourth-order valence-electron chi connectivity index (χ4n) is 11.2. The van der Waals surface area contributed by atoms with Crippen LogP contribution in [0, 0.1) is 50.2 Å². The van der Waals surface area contributed by atoms with Crippen molar-refractivity contribution in [2.75, 3.05) is 0 Å². The molecule has 6 aliphatic rings. The number of hydrogen-bond donors (Lipinski definition) is 2. The second kappa shape index (κ2) is 8.66. The normalized spacial score (nSPS) is 50.9. The van der Waals surface area contributed by atoms with Gasteiger partial charge in [0, 0.05) is 17.4 Å². The van der Waals surface area contributed by atoms with Crippen LogP contribution in [0.4, 0.5) is 0 Å². The van der Waals surface area contributed by atoms with Gasteiger partial charge in [-0.15, -0.1) is 0 Å². The van der Waals surface area contributed by atoms with Crippen molar-refractivity contribution in [3.8, 4) is 0 Å². The lowest BCUT2D eigenvalue weighted by Gasteiger charge is -2.70. The highest BCUT2D eigenvalue weighted by molar-refractivity contribution is 5.95. The Morgan fingerprint density at radius 2 is 1.62 bits per heavy atom. The molecular weight excluding hydrogens is 484 g/mol. The third kappa shape index (κ3) is 3.70. The second-order valence-corrected chi connectivity index (χ2v) is 16.8. The SMILES string of the molecule is CC1(C)C2CC[C@]3(C)[C@H](C(=O)C=C4[C@@H]5C[C@@](C)(C(=O)NOC6CCC6)CC[C@]5(C)CC[C@]43C)[C@@]2(C)CC[C@@H]1N. The molecule has 5 heteroatoms. The molecule has 0 radical (unpaired) electrons. The number of amides is 1. The highest BCUT2D eigenvalue weighted by atomic mass is 16.7. The zero-order valence-corrected chi connectivity index (χ0v) is 25.8. The van der Waals surface area contributed by atoms with Crippen molar-refractivity contribution in [2.24, 2.45) is 56.0 Å². The van der Waals surface area contributed by atoms with Gasteiger partial charge in [-0.1, -0.05) is 54.0 Å². The van der Waals surface area contributed by atoms with Crippen molar-refractivity contribution >= 4 is 11.7 Å². The molecule has 0 aromatic rings. The van der Waals surface area contributed by atoms with Crippen LogP contribution in [0.2, 0.25) is 0 Å². The van der Waals surface area contributed by atoms with E-state index in [1.807, 2.05) is 0 Å². The number of hydrogen-bond acceptors (Lipinski definition) is 4. The topological polar surface area (TPSA) is 81.4 Å².